The number of hydrogen-bond donors (Lipinski definition) is 2. The van der Waals surface area contributed by atoms with Crippen molar-refractivity contribution >= 4 is 5.91 Å². The fourth-order valence-electron chi connectivity index (χ4n) is 1.57. The molecule has 1 amide bonds. The van der Waals surface area contributed by atoms with E-state index in [1.54, 1.807) is 0 Å². The molecule has 3 nitrogen and oxygen atoms in total. The molecule has 102 valence electrons. The molecular formula is C15H25NO2. The predicted molar refractivity (Wildman–Crippen MR) is 76.0 cm³/mol. The molecule has 0 fully saturated rings. The highest BCUT2D eigenvalue weighted by Crippen LogP contribution is 2.13. The predicted octanol–water partition coefficient (Wildman–Crippen LogP) is 2.86. The molecule has 0 bridgehead atoms. The van der Waals surface area contributed by atoms with Gasteiger partial charge in [0.15, 0.2) is 0 Å². The van der Waals surface area contributed by atoms with E-state index in [0.717, 1.165) is 30.4 Å². The largest absolute Gasteiger partial charge is 0.389 e. The third-order valence-corrected chi connectivity index (χ3v) is 2.80. The summed E-state index contributed by atoms with van der Waals surface area (Å²) in [6, 6.07) is 0. The molecule has 0 rings (SSSR count). The fraction of sp³-hybridized carbons (Fsp3) is 0.533. The molecule has 3 N–H and O–H groups in total. The Balaban J connectivity index is 3.98. The van der Waals surface area contributed by atoms with E-state index in [9.17, 15) is 9.90 Å². The first-order valence-corrected chi connectivity index (χ1v) is 6.28. The van der Waals surface area contributed by atoms with Crippen LogP contribution in [0.3, 0.4) is 0 Å². The van der Waals surface area contributed by atoms with E-state index in [1.165, 1.54) is 11.6 Å². The van der Waals surface area contributed by atoms with E-state index in [-0.39, 0.29) is 0 Å². The molecule has 0 aliphatic heterocycles. The van der Waals surface area contributed by atoms with Gasteiger partial charge in [-0.25, -0.2) is 0 Å². The number of aliphatic hydroxyl groups excluding tert-OH is 1. The molecule has 3 heteroatoms. The van der Waals surface area contributed by atoms with Gasteiger partial charge in [0.1, 0.15) is 0 Å². The summed E-state index contributed by atoms with van der Waals surface area (Å²) in [5, 5.41) is 9.60. The summed E-state index contributed by atoms with van der Waals surface area (Å²) in [5.74, 6) is -0.391. The Morgan fingerprint density at radius 2 is 1.89 bits per heavy atom. The zero-order chi connectivity index (χ0) is 14.1. The molecule has 0 aromatic carbocycles. The van der Waals surface area contributed by atoms with Crippen LogP contribution in [-0.4, -0.2) is 17.1 Å². The highest BCUT2D eigenvalue weighted by atomic mass is 16.3. The molecule has 0 aromatic rings. The van der Waals surface area contributed by atoms with Crippen LogP contribution in [0.4, 0.5) is 0 Å². The molecule has 0 aliphatic rings. The van der Waals surface area contributed by atoms with Crippen molar-refractivity contribution in [2.24, 2.45) is 5.73 Å². The summed E-state index contributed by atoms with van der Waals surface area (Å²) < 4.78 is 0. The summed E-state index contributed by atoms with van der Waals surface area (Å²) in [4.78, 5) is 10.6. The van der Waals surface area contributed by atoms with Crippen LogP contribution in [0, 0.1) is 0 Å². The maximum Gasteiger partial charge on any atom is 0.241 e. The average molecular weight is 251 g/mol. The van der Waals surface area contributed by atoms with Gasteiger partial charge in [0.05, 0.1) is 6.10 Å². The molecule has 0 spiro atoms. The lowest BCUT2D eigenvalue weighted by atomic mass is 10.0. The first-order chi connectivity index (χ1) is 8.32. The highest BCUT2D eigenvalue weighted by Gasteiger charge is 2.04. The summed E-state index contributed by atoms with van der Waals surface area (Å²) in [6.45, 7) is 9.52. The van der Waals surface area contributed by atoms with E-state index >= 15 is 0 Å². The summed E-state index contributed by atoms with van der Waals surface area (Å²) in [5.41, 5.74) is 8.12. The average Bonchev–Trinajstić information content (AvgIpc) is 2.24. The van der Waals surface area contributed by atoms with Gasteiger partial charge >= 0.3 is 0 Å². The number of aliphatic hydroxyl groups is 1. The quantitative estimate of drug-likeness (QED) is 0.514. The summed E-state index contributed by atoms with van der Waals surface area (Å²) >= 11 is 0. The number of nitrogens with two attached hydrogens (primary N) is 1. The van der Waals surface area contributed by atoms with E-state index in [0.29, 0.717) is 6.42 Å². The molecule has 0 aliphatic carbocycles. The Hall–Kier alpha value is -1.35. The lowest BCUT2D eigenvalue weighted by molar-refractivity contribution is -0.113. The molecule has 0 saturated heterocycles. The van der Waals surface area contributed by atoms with Gasteiger partial charge in [0.25, 0.3) is 0 Å². The van der Waals surface area contributed by atoms with E-state index < -0.39 is 12.0 Å². The number of carbonyl (C=O) groups excluding carboxylic acids is 1. The van der Waals surface area contributed by atoms with Gasteiger partial charge in [-0.1, -0.05) is 29.4 Å². The molecule has 0 radical (unpaired) electrons. The molecular weight excluding hydrogens is 226 g/mol. The molecule has 18 heavy (non-hydrogen) atoms. The monoisotopic (exact) mass is 251 g/mol. The van der Waals surface area contributed by atoms with Gasteiger partial charge in [0.2, 0.25) is 5.91 Å². The fourth-order valence-corrected chi connectivity index (χ4v) is 1.57. The Morgan fingerprint density at radius 1 is 1.28 bits per heavy atom. The van der Waals surface area contributed by atoms with Gasteiger partial charge in [-0.05, 0) is 46.5 Å². The maximum absolute atomic E-state index is 10.6. The number of rotatable bonds is 8. The Morgan fingerprint density at radius 3 is 2.39 bits per heavy atom. The topological polar surface area (TPSA) is 63.3 Å². The summed E-state index contributed by atoms with van der Waals surface area (Å²) in [7, 11) is 0. The molecule has 0 heterocycles. The van der Waals surface area contributed by atoms with Crippen molar-refractivity contribution in [2.45, 2.75) is 52.6 Å². The standard InChI is InChI=1S/C15H25NO2/c1-11(2)14(17)9-8-12(3)6-5-7-13(4)10-15(16)18/h6,10,14,17H,1,5,7-9H2,2-4H3,(H2,16,18). The number of allylic oxidation sites excluding steroid dienone is 3. The number of primary amides is 1. The van der Waals surface area contributed by atoms with Gasteiger partial charge in [-0.2, -0.15) is 0 Å². The minimum absolute atomic E-state index is 0.391. The normalized spacial score (nSPS) is 14.4. The van der Waals surface area contributed by atoms with Crippen molar-refractivity contribution in [1.82, 2.24) is 0 Å². The molecule has 0 aromatic heterocycles. The zero-order valence-electron chi connectivity index (χ0n) is 11.7. The van der Waals surface area contributed by atoms with Gasteiger partial charge in [-0.15, -0.1) is 0 Å². The van der Waals surface area contributed by atoms with E-state index in [4.69, 9.17) is 5.73 Å². The van der Waals surface area contributed by atoms with Crippen LogP contribution in [0.2, 0.25) is 0 Å². The first kappa shape index (κ1) is 16.6. The second-order valence-electron chi connectivity index (χ2n) is 4.88. The van der Waals surface area contributed by atoms with Crippen molar-refractivity contribution in [3.05, 3.63) is 35.5 Å². The van der Waals surface area contributed by atoms with Crippen LogP contribution < -0.4 is 5.73 Å². The minimum Gasteiger partial charge on any atom is -0.389 e. The minimum atomic E-state index is -0.412. The Labute approximate surface area is 110 Å². The van der Waals surface area contributed by atoms with Crippen LogP contribution in [0.1, 0.15) is 46.5 Å². The van der Waals surface area contributed by atoms with E-state index in [1.807, 2.05) is 13.8 Å². The SMILES string of the molecule is C=C(C)C(O)CCC(C)=CCCC(C)=CC(N)=O. The van der Waals surface area contributed by atoms with Crippen molar-refractivity contribution in [3.8, 4) is 0 Å². The van der Waals surface area contributed by atoms with E-state index in [2.05, 4.69) is 19.6 Å². The van der Waals surface area contributed by atoms with Crippen LogP contribution in [-0.2, 0) is 4.79 Å². The smallest absolute Gasteiger partial charge is 0.241 e. The highest BCUT2D eigenvalue weighted by molar-refractivity contribution is 5.86. The lowest BCUT2D eigenvalue weighted by Crippen LogP contribution is -2.07. The Kier molecular flexibility index (Phi) is 8.05. The second kappa shape index (κ2) is 8.70. The summed E-state index contributed by atoms with van der Waals surface area (Å²) in [6.07, 6.45) is 6.51. The molecule has 1 unspecified atom stereocenters. The molecule has 1 atom stereocenters. The Bertz CT molecular complexity index is 354. The first-order valence-electron chi connectivity index (χ1n) is 6.28. The van der Waals surface area contributed by atoms with Crippen LogP contribution >= 0.6 is 0 Å². The third-order valence-electron chi connectivity index (χ3n) is 2.80. The van der Waals surface area contributed by atoms with Gasteiger partial charge in [-0.3, -0.25) is 4.79 Å². The number of hydrogen-bond acceptors (Lipinski definition) is 2. The zero-order valence-corrected chi connectivity index (χ0v) is 11.7. The number of amides is 1. The third kappa shape index (κ3) is 8.76. The van der Waals surface area contributed by atoms with Gasteiger partial charge in [0, 0.05) is 6.08 Å². The number of carbonyl (C=O) groups is 1. The second-order valence-corrected chi connectivity index (χ2v) is 4.88. The van der Waals surface area contributed by atoms with Crippen LogP contribution in [0.5, 0.6) is 0 Å². The van der Waals surface area contributed by atoms with Crippen molar-refractivity contribution in [1.29, 1.82) is 0 Å². The molecule has 0 saturated carbocycles. The van der Waals surface area contributed by atoms with Crippen LogP contribution in [0.15, 0.2) is 35.5 Å². The van der Waals surface area contributed by atoms with Gasteiger partial charge < -0.3 is 10.8 Å². The van der Waals surface area contributed by atoms with Crippen molar-refractivity contribution in [2.75, 3.05) is 0 Å². The maximum atomic E-state index is 10.6. The van der Waals surface area contributed by atoms with Crippen molar-refractivity contribution < 1.29 is 9.90 Å². The van der Waals surface area contributed by atoms with Crippen LogP contribution in [0.25, 0.3) is 0 Å². The lowest BCUT2D eigenvalue weighted by Gasteiger charge is -2.09. The van der Waals surface area contributed by atoms with Crippen molar-refractivity contribution in [3.63, 3.8) is 0 Å².